The standard InChI is InChI=1S/C12H10BrNO3S/c1-8-7-18-12(16)14(8)6-11(15)17-10-5-3-2-4-9(10)13/h2-5,7H,6H2,1H3. The number of hydrogen-bond donors (Lipinski definition) is 0. The summed E-state index contributed by atoms with van der Waals surface area (Å²) in [6, 6.07) is 7.07. The minimum absolute atomic E-state index is 0.0739. The van der Waals surface area contributed by atoms with E-state index in [9.17, 15) is 9.59 Å². The first-order chi connectivity index (χ1) is 8.58. The SMILES string of the molecule is Cc1csc(=O)n1CC(=O)Oc1ccccc1Br. The first-order valence-electron chi connectivity index (χ1n) is 5.18. The Morgan fingerprint density at radius 3 is 2.78 bits per heavy atom. The van der Waals surface area contributed by atoms with E-state index < -0.39 is 5.97 Å². The van der Waals surface area contributed by atoms with Gasteiger partial charge in [0, 0.05) is 11.1 Å². The van der Waals surface area contributed by atoms with Gasteiger partial charge in [0.1, 0.15) is 12.3 Å². The van der Waals surface area contributed by atoms with Crippen LogP contribution in [0.5, 0.6) is 5.75 Å². The number of thiazole rings is 1. The molecule has 0 saturated heterocycles. The molecule has 0 N–H and O–H groups in total. The Labute approximate surface area is 116 Å². The summed E-state index contributed by atoms with van der Waals surface area (Å²) < 4.78 is 7.28. The van der Waals surface area contributed by atoms with E-state index in [4.69, 9.17) is 4.74 Å². The van der Waals surface area contributed by atoms with Gasteiger partial charge in [0.25, 0.3) is 0 Å². The van der Waals surface area contributed by atoms with E-state index in [2.05, 4.69) is 15.9 Å². The molecule has 0 bridgehead atoms. The highest BCUT2D eigenvalue weighted by Crippen LogP contribution is 2.23. The molecule has 4 nitrogen and oxygen atoms in total. The first-order valence-corrected chi connectivity index (χ1v) is 6.85. The Morgan fingerprint density at radius 2 is 2.17 bits per heavy atom. The normalized spacial score (nSPS) is 10.3. The van der Waals surface area contributed by atoms with Crippen LogP contribution in [0.15, 0.2) is 38.9 Å². The molecule has 1 heterocycles. The molecule has 94 valence electrons. The van der Waals surface area contributed by atoms with Crippen LogP contribution in [-0.4, -0.2) is 10.5 Å². The second-order valence-corrected chi connectivity index (χ2v) is 5.31. The van der Waals surface area contributed by atoms with Crippen LogP contribution >= 0.6 is 27.3 Å². The third kappa shape index (κ3) is 2.88. The van der Waals surface area contributed by atoms with Gasteiger partial charge in [-0.2, -0.15) is 0 Å². The van der Waals surface area contributed by atoms with Crippen LogP contribution in [0.4, 0.5) is 0 Å². The second-order valence-electron chi connectivity index (χ2n) is 3.63. The fourth-order valence-corrected chi connectivity index (χ4v) is 2.51. The van der Waals surface area contributed by atoms with Gasteiger partial charge in [-0.3, -0.25) is 9.36 Å². The molecule has 0 fully saturated rings. The molecule has 0 unspecified atom stereocenters. The summed E-state index contributed by atoms with van der Waals surface area (Å²) in [4.78, 5) is 23.0. The number of hydrogen-bond acceptors (Lipinski definition) is 4. The van der Waals surface area contributed by atoms with E-state index in [0.29, 0.717) is 10.2 Å². The van der Waals surface area contributed by atoms with Gasteiger partial charge >= 0.3 is 10.8 Å². The molecule has 2 aromatic rings. The molecule has 0 aliphatic heterocycles. The predicted molar refractivity (Wildman–Crippen MR) is 73.1 cm³/mol. The van der Waals surface area contributed by atoms with Crippen molar-refractivity contribution in [1.29, 1.82) is 0 Å². The number of carbonyl (C=O) groups is 1. The number of halogens is 1. The van der Waals surface area contributed by atoms with E-state index in [1.54, 1.807) is 30.5 Å². The van der Waals surface area contributed by atoms with Gasteiger partial charge < -0.3 is 4.74 Å². The predicted octanol–water partition coefficient (Wildman–Crippen LogP) is 2.59. The third-order valence-electron chi connectivity index (χ3n) is 2.32. The minimum Gasteiger partial charge on any atom is -0.424 e. The molecule has 1 aromatic carbocycles. The van der Waals surface area contributed by atoms with E-state index in [0.717, 1.165) is 17.0 Å². The van der Waals surface area contributed by atoms with Crippen molar-refractivity contribution in [3.63, 3.8) is 0 Å². The average Bonchev–Trinajstić information content (AvgIpc) is 2.64. The molecule has 0 aliphatic carbocycles. The van der Waals surface area contributed by atoms with E-state index >= 15 is 0 Å². The zero-order chi connectivity index (χ0) is 13.1. The summed E-state index contributed by atoms with van der Waals surface area (Å²) in [6.45, 7) is 1.71. The highest BCUT2D eigenvalue weighted by Gasteiger charge is 2.11. The van der Waals surface area contributed by atoms with Crippen molar-refractivity contribution in [3.05, 3.63) is 49.5 Å². The molecule has 0 saturated carbocycles. The quantitative estimate of drug-likeness (QED) is 0.643. The van der Waals surface area contributed by atoms with E-state index in [1.807, 2.05) is 6.07 Å². The lowest BCUT2D eigenvalue weighted by Gasteiger charge is -2.07. The van der Waals surface area contributed by atoms with Crippen molar-refractivity contribution in [2.24, 2.45) is 0 Å². The van der Waals surface area contributed by atoms with Crippen LogP contribution < -0.4 is 9.61 Å². The molecule has 0 atom stereocenters. The number of ether oxygens (including phenoxy) is 1. The summed E-state index contributed by atoms with van der Waals surface area (Å²) in [5, 5.41) is 1.72. The van der Waals surface area contributed by atoms with Crippen LogP contribution in [0.2, 0.25) is 0 Å². The Kier molecular flexibility index (Phi) is 3.98. The van der Waals surface area contributed by atoms with Crippen LogP contribution in [0.3, 0.4) is 0 Å². The summed E-state index contributed by atoms with van der Waals surface area (Å²) in [7, 11) is 0. The van der Waals surface area contributed by atoms with Crippen LogP contribution in [0, 0.1) is 6.92 Å². The maximum Gasteiger partial charge on any atom is 0.331 e. The molecular formula is C12H10BrNO3S. The van der Waals surface area contributed by atoms with Gasteiger partial charge in [-0.15, -0.1) is 0 Å². The number of nitrogens with zero attached hydrogens (tertiary/aromatic N) is 1. The Morgan fingerprint density at radius 1 is 1.44 bits per heavy atom. The number of para-hydroxylation sites is 1. The molecule has 2 rings (SSSR count). The fourth-order valence-electron chi connectivity index (χ4n) is 1.41. The minimum atomic E-state index is -0.467. The average molecular weight is 328 g/mol. The van der Waals surface area contributed by atoms with Crippen molar-refractivity contribution >= 4 is 33.2 Å². The summed E-state index contributed by atoms with van der Waals surface area (Å²) >= 11 is 4.36. The largest absolute Gasteiger partial charge is 0.424 e. The Bertz CT molecular complexity index is 632. The van der Waals surface area contributed by atoms with Gasteiger partial charge in [-0.05, 0) is 35.0 Å². The lowest BCUT2D eigenvalue weighted by atomic mass is 10.3. The van der Waals surface area contributed by atoms with Gasteiger partial charge in [0.2, 0.25) is 0 Å². The van der Waals surface area contributed by atoms with Crippen molar-refractivity contribution in [3.8, 4) is 5.75 Å². The smallest absolute Gasteiger partial charge is 0.331 e. The van der Waals surface area contributed by atoms with Gasteiger partial charge in [0.05, 0.1) is 4.47 Å². The zero-order valence-electron chi connectivity index (χ0n) is 9.55. The second kappa shape index (κ2) is 5.49. The summed E-state index contributed by atoms with van der Waals surface area (Å²) in [6.07, 6.45) is 0. The van der Waals surface area contributed by atoms with Crippen molar-refractivity contribution in [2.45, 2.75) is 13.5 Å². The molecule has 0 amide bonds. The molecule has 0 spiro atoms. The maximum atomic E-state index is 11.7. The van der Waals surface area contributed by atoms with E-state index in [-0.39, 0.29) is 11.4 Å². The summed E-state index contributed by atoms with van der Waals surface area (Å²) in [5.74, 6) is -0.0195. The summed E-state index contributed by atoms with van der Waals surface area (Å²) in [5.41, 5.74) is 0.758. The van der Waals surface area contributed by atoms with Gasteiger partial charge in [-0.25, -0.2) is 4.79 Å². The third-order valence-corrected chi connectivity index (χ3v) is 3.86. The molecule has 0 aliphatic rings. The first kappa shape index (κ1) is 13.0. The number of aryl methyl sites for hydroxylation is 1. The van der Waals surface area contributed by atoms with Crippen molar-refractivity contribution < 1.29 is 9.53 Å². The lowest BCUT2D eigenvalue weighted by molar-refractivity contribution is -0.135. The van der Waals surface area contributed by atoms with Crippen molar-refractivity contribution in [1.82, 2.24) is 4.57 Å². The van der Waals surface area contributed by atoms with Crippen molar-refractivity contribution in [2.75, 3.05) is 0 Å². The van der Waals surface area contributed by atoms with Gasteiger partial charge in [0.15, 0.2) is 0 Å². The number of esters is 1. The molecule has 6 heteroatoms. The topological polar surface area (TPSA) is 48.3 Å². The lowest BCUT2D eigenvalue weighted by Crippen LogP contribution is -2.23. The Balaban J connectivity index is 2.11. The zero-order valence-corrected chi connectivity index (χ0v) is 12.0. The molecule has 18 heavy (non-hydrogen) atoms. The molecular weight excluding hydrogens is 318 g/mol. The highest BCUT2D eigenvalue weighted by molar-refractivity contribution is 9.10. The molecule has 1 aromatic heterocycles. The number of carbonyl (C=O) groups excluding carboxylic acids is 1. The molecule has 0 radical (unpaired) electrons. The van der Waals surface area contributed by atoms with Crippen LogP contribution in [-0.2, 0) is 11.3 Å². The van der Waals surface area contributed by atoms with E-state index in [1.165, 1.54) is 4.57 Å². The van der Waals surface area contributed by atoms with Gasteiger partial charge in [-0.1, -0.05) is 23.5 Å². The van der Waals surface area contributed by atoms with Crippen LogP contribution in [0.25, 0.3) is 0 Å². The number of rotatable bonds is 3. The monoisotopic (exact) mass is 327 g/mol. The fraction of sp³-hybridized carbons (Fsp3) is 0.167. The maximum absolute atomic E-state index is 11.7. The highest BCUT2D eigenvalue weighted by atomic mass is 79.9. The number of aromatic nitrogens is 1. The Hall–Kier alpha value is -1.40. The van der Waals surface area contributed by atoms with Crippen LogP contribution in [0.1, 0.15) is 5.69 Å². The number of benzene rings is 1.